The lowest BCUT2D eigenvalue weighted by molar-refractivity contribution is 0.0596. The van der Waals surface area contributed by atoms with Crippen molar-refractivity contribution in [3.8, 4) is 11.1 Å². The Hall–Kier alpha value is -2.89. The molecule has 5 nitrogen and oxygen atoms in total. The van der Waals surface area contributed by atoms with Gasteiger partial charge in [-0.05, 0) is 36.2 Å². The largest absolute Gasteiger partial charge is 0.464 e. The number of benzene rings is 1. The number of nitrogens with one attached hydrogen (secondary N) is 2. The SMILES string of the molecule is CCc1cc2c(-c3ccc[nH]c3=O)c(C(=O)OC)[nH]c2cc1F. The number of halogens is 1. The Morgan fingerprint density at radius 2 is 2.13 bits per heavy atom. The van der Waals surface area contributed by atoms with Crippen molar-refractivity contribution in [1.29, 1.82) is 0 Å². The second kappa shape index (κ2) is 5.72. The van der Waals surface area contributed by atoms with E-state index >= 15 is 0 Å². The summed E-state index contributed by atoms with van der Waals surface area (Å²) in [5, 5.41) is 0.611. The van der Waals surface area contributed by atoms with Gasteiger partial charge in [-0.15, -0.1) is 0 Å². The second-order valence-electron chi connectivity index (χ2n) is 5.12. The minimum absolute atomic E-state index is 0.131. The van der Waals surface area contributed by atoms with Gasteiger partial charge in [0.2, 0.25) is 0 Å². The van der Waals surface area contributed by atoms with Crippen molar-refractivity contribution in [3.05, 3.63) is 57.9 Å². The summed E-state index contributed by atoms with van der Waals surface area (Å²) in [6.07, 6.45) is 2.01. The van der Waals surface area contributed by atoms with Crippen LogP contribution >= 0.6 is 0 Å². The predicted octanol–water partition coefficient (Wildman–Crippen LogP) is 3.01. The van der Waals surface area contributed by atoms with Gasteiger partial charge in [0.05, 0.1) is 7.11 Å². The molecule has 3 rings (SSSR count). The molecule has 0 unspecified atom stereocenters. The molecule has 0 radical (unpaired) electrons. The zero-order valence-corrected chi connectivity index (χ0v) is 12.7. The van der Waals surface area contributed by atoms with Gasteiger partial charge in [0.1, 0.15) is 11.5 Å². The molecule has 0 fully saturated rings. The summed E-state index contributed by atoms with van der Waals surface area (Å²) >= 11 is 0. The van der Waals surface area contributed by atoms with E-state index in [9.17, 15) is 14.0 Å². The van der Waals surface area contributed by atoms with Gasteiger partial charge in [-0.3, -0.25) is 4.79 Å². The second-order valence-corrected chi connectivity index (χ2v) is 5.12. The maximum Gasteiger partial charge on any atom is 0.355 e. The van der Waals surface area contributed by atoms with E-state index in [1.54, 1.807) is 18.2 Å². The van der Waals surface area contributed by atoms with Crippen LogP contribution in [0.5, 0.6) is 0 Å². The molecule has 6 heteroatoms. The van der Waals surface area contributed by atoms with Crippen molar-refractivity contribution in [3.63, 3.8) is 0 Å². The quantitative estimate of drug-likeness (QED) is 0.730. The molecule has 2 N–H and O–H groups in total. The number of rotatable bonds is 3. The first kappa shape index (κ1) is 15.0. The highest BCUT2D eigenvalue weighted by Gasteiger charge is 2.22. The lowest BCUT2D eigenvalue weighted by Crippen LogP contribution is -2.10. The van der Waals surface area contributed by atoms with Crippen LogP contribution in [0.1, 0.15) is 23.0 Å². The molecule has 0 aliphatic carbocycles. The van der Waals surface area contributed by atoms with Gasteiger partial charge in [0.15, 0.2) is 0 Å². The summed E-state index contributed by atoms with van der Waals surface area (Å²) in [7, 11) is 1.25. The van der Waals surface area contributed by atoms with Crippen molar-refractivity contribution in [1.82, 2.24) is 9.97 Å². The van der Waals surface area contributed by atoms with E-state index in [1.807, 2.05) is 6.92 Å². The van der Waals surface area contributed by atoms with Crippen LogP contribution in [0.2, 0.25) is 0 Å². The molecule has 2 aromatic heterocycles. The molecule has 0 aliphatic rings. The Morgan fingerprint density at radius 1 is 1.35 bits per heavy atom. The highest BCUT2D eigenvalue weighted by molar-refractivity contribution is 6.08. The summed E-state index contributed by atoms with van der Waals surface area (Å²) < 4.78 is 18.8. The van der Waals surface area contributed by atoms with E-state index in [-0.39, 0.29) is 17.1 Å². The minimum Gasteiger partial charge on any atom is -0.464 e. The number of hydrogen-bond donors (Lipinski definition) is 2. The summed E-state index contributed by atoms with van der Waals surface area (Å²) in [5.41, 5.74) is 1.50. The average Bonchev–Trinajstić information content (AvgIpc) is 2.91. The van der Waals surface area contributed by atoms with E-state index in [4.69, 9.17) is 4.74 Å². The first-order chi connectivity index (χ1) is 11.1. The number of esters is 1. The van der Waals surface area contributed by atoms with Gasteiger partial charge in [-0.1, -0.05) is 6.92 Å². The molecule has 2 heterocycles. The van der Waals surface area contributed by atoms with E-state index in [0.717, 1.165) is 0 Å². The summed E-state index contributed by atoms with van der Waals surface area (Å²) in [4.78, 5) is 29.7. The van der Waals surface area contributed by atoms with Gasteiger partial charge in [0.25, 0.3) is 5.56 Å². The molecule has 0 amide bonds. The van der Waals surface area contributed by atoms with Crippen LogP contribution in [0.3, 0.4) is 0 Å². The average molecular weight is 314 g/mol. The molecule has 0 atom stereocenters. The van der Waals surface area contributed by atoms with E-state index < -0.39 is 5.97 Å². The van der Waals surface area contributed by atoms with Crippen molar-refractivity contribution < 1.29 is 13.9 Å². The number of aryl methyl sites for hydroxylation is 1. The van der Waals surface area contributed by atoms with Gasteiger partial charge in [-0.25, -0.2) is 9.18 Å². The zero-order valence-electron chi connectivity index (χ0n) is 12.7. The number of aromatic nitrogens is 2. The Labute approximate surface area is 131 Å². The number of methoxy groups -OCH3 is 1. The summed E-state index contributed by atoms with van der Waals surface area (Å²) in [6.45, 7) is 1.84. The summed E-state index contributed by atoms with van der Waals surface area (Å²) in [5.74, 6) is -0.968. The fourth-order valence-electron chi connectivity index (χ4n) is 2.68. The Bertz CT molecular complexity index is 956. The van der Waals surface area contributed by atoms with Crippen molar-refractivity contribution in [2.75, 3.05) is 7.11 Å². The Balaban J connectivity index is 2.43. The molecule has 0 saturated carbocycles. The molecule has 1 aromatic carbocycles. The topological polar surface area (TPSA) is 74.9 Å². The van der Waals surface area contributed by atoms with Crippen LogP contribution in [-0.4, -0.2) is 23.0 Å². The number of carbonyl (C=O) groups is 1. The monoisotopic (exact) mass is 314 g/mol. The number of hydrogen-bond acceptors (Lipinski definition) is 3. The maximum atomic E-state index is 14.0. The zero-order chi connectivity index (χ0) is 16.6. The Kier molecular flexibility index (Phi) is 3.73. The van der Waals surface area contributed by atoms with Gasteiger partial charge < -0.3 is 14.7 Å². The third kappa shape index (κ3) is 2.42. The van der Waals surface area contributed by atoms with Gasteiger partial charge in [0, 0.05) is 28.2 Å². The number of carbonyl (C=O) groups excluding carboxylic acids is 1. The van der Waals surface area contributed by atoms with Crippen LogP contribution in [0.4, 0.5) is 4.39 Å². The number of fused-ring (bicyclic) bond motifs is 1. The maximum absolute atomic E-state index is 14.0. The fraction of sp³-hybridized carbons (Fsp3) is 0.176. The van der Waals surface area contributed by atoms with Crippen LogP contribution < -0.4 is 5.56 Å². The third-order valence-corrected chi connectivity index (χ3v) is 3.82. The third-order valence-electron chi connectivity index (χ3n) is 3.82. The highest BCUT2D eigenvalue weighted by atomic mass is 19.1. The number of ether oxygens (including phenoxy) is 1. The molecule has 0 spiro atoms. The normalized spacial score (nSPS) is 10.9. The molecular formula is C17H15FN2O3. The Morgan fingerprint density at radius 3 is 2.78 bits per heavy atom. The lowest BCUT2D eigenvalue weighted by atomic mass is 10.0. The number of pyridine rings is 1. The lowest BCUT2D eigenvalue weighted by Gasteiger charge is -2.04. The van der Waals surface area contributed by atoms with Crippen LogP contribution in [0, 0.1) is 5.82 Å². The van der Waals surface area contributed by atoms with Crippen molar-refractivity contribution in [2.45, 2.75) is 13.3 Å². The highest BCUT2D eigenvalue weighted by Crippen LogP contribution is 2.32. The van der Waals surface area contributed by atoms with E-state index in [1.165, 1.54) is 19.4 Å². The molecule has 0 aliphatic heterocycles. The summed E-state index contributed by atoms with van der Waals surface area (Å²) in [6, 6.07) is 6.28. The molecule has 118 valence electrons. The number of H-pyrrole nitrogens is 2. The molecule has 23 heavy (non-hydrogen) atoms. The molecular weight excluding hydrogens is 299 g/mol. The van der Waals surface area contributed by atoms with E-state index in [0.29, 0.717) is 34.0 Å². The standard InChI is InChI=1S/C17H15FN2O3/c1-3-9-7-11-13(8-12(9)18)20-15(17(22)23-2)14(11)10-5-4-6-19-16(10)21/h4-8,20H,3H2,1-2H3,(H,19,21). The smallest absolute Gasteiger partial charge is 0.355 e. The van der Waals surface area contributed by atoms with Crippen LogP contribution in [0.25, 0.3) is 22.0 Å². The van der Waals surface area contributed by atoms with E-state index in [2.05, 4.69) is 9.97 Å². The first-order valence-electron chi connectivity index (χ1n) is 7.17. The fourth-order valence-corrected chi connectivity index (χ4v) is 2.68. The van der Waals surface area contributed by atoms with Crippen molar-refractivity contribution in [2.24, 2.45) is 0 Å². The van der Waals surface area contributed by atoms with Crippen LogP contribution in [0.15, 0.2) is 35.3 Å². The number of aromatic amines is 2. The molecule has 3 aromatic rings. The minimum atomic E-state index is -0.613. The van der Waals surface area contributed by atoms with Crippen LogP contribution in [-0.2, 0) is 11.2 Å². The first-order valence-corrected chi connectivity index (χ1v) is 7.17. The molecule has 0 saturated heterocycles. The molecule has 0 bridgehead atoms. The van der Waals surface area contributed by atoms with Gasteiger partial charge >= 0.3 is 5.97 Å². The predicted molar refractivity (Wildman–Crippen MR) is 85.0 cm³/mol. The van der Waals surface area contributed by atoms with Crippen molar-refractivity contribution >= 4 is 16.9 Å². The van der Waals surface area contributed by atoms with Gasteiger partial charge in [-0.2, -0.15) is 0 Å².